The monoisotopic (exact) mass is 208 g/mol. The van der Waals surface area contributed by atoms with Crippen molar-refractivity contribution in [2.75, 3.05) is 0 Å². The van der Waals surface area contributed by atoms with Crippen molar-refractivity contribution in [1.29, 1.82) is 0 Å². The van der Waals surface area contributed by atoms with Crippen LogP contribution in [-0.2, 0) is 0 Å². The van der Waals surface area contributed by atoms with Gasteiger partial charge >= 0.3 is 0 Å². The molecule has 2 N–H and O–H groups in total. The molecule has 0 aliphatic heterocycles. The maximum atomic E-state index is 10.8. The van der Waals surface area contributed by atoms with Crippen LogP contribution in [0.3, 0.4) is 0 Å². The van der Waals surface area contributed by atoms with Gasteiger partial charge in [-0.2, -0.15) is 0 Å². The highest BCUT2D eigenvalue weighted by molar-refractivity contribution is 5.42. The molecule has 0 saturated heterocycles. The second-order valence-corrected chi connectivity index (χ2v) is 3.69. The number of benzene rings is 1. The molecule has 0 saturated carbocycles. The van der Waals surface area contributed by atoms with Gasteiger partial charge in [0, 0.05) is 23.6 Å². The highest BCUT2D eigenvalue weighted by atomic mass is 16.6. The Labute approximate surface area is 89.2 Å². The summed E-state index contributed by atoms with van der Waals surface area (Å²) in [4.78, 5) is 10.5. The lowest BCUT2D eigenvalue weighted by atomic mass is 9.89. The molecular formula is C11H16N2O2. The molecule has 2 atom stereocenters. The molecule has 0 amide bonds. The fourth-order valence-electron chi connectivity index (χ4n) is 1.84. The zero-order valence-corrected chi connectivity index (χ0v) is 9.01. The Bertz CT molecular complexity index is 350. The van der Waals surface area contributed by atoms with Crippen molar-refractivity contribution in [1.82, 2.24) is 0 Å². The third-order valence-corrected chi connectivity index (χ3v) is 2.61. The van der Waals surface area contributed by atoms with Crippen molar-refractivity contribution in [2.45, 2.75) is 32.2 Å². The van der Waals surface area contributed by atoms with Crippen LogP contribution in [0.25, 0.3) is 0 Å². The molecule has 0 heterocycles. The molecule has 0 fully saturated rings. The minimum Gasteiger partial charge on any atom is -0.327 e. The van der Waals surface area contributed by atoms with Crippen LogP contribution >= 0.6 is 0 Å². The highest BCUT2D eigenvalue weighted by Gasteiger charge is 2.22. The van der Waals surface area contributed by atoms with Crippen LogP contribution in [0.4, 0.5) is 5.69 Å². The van der Waals surface area contributed by atoms with Crippen molar-refractivity contribution in [3.8, 4) is 0 Å². The van der Waals surface area contributed by atoms with E-state index in [0.29, 0.717) is 0 Å². The van der Waals surface area contributed by atoms with E-state index in [1.807, 2.05) is 19.9 Å². The highest BCUT2D eigenvalue weighted by Crippen LogP contribution is 2.30. The average molecular weight is 208 g/mol. The number of para-hydroxylation sites is 1. The van der Waals surface area contributed by atoms with Gasteiger partial charge in [-0.25, -0.2) is 0 Å². The van der Waals surface area contributed by atoms with Gasteiger partial charge in [-0.05, 0) is 13.3 Å². The minimum atomic E-state index is -0.347. The van der Waals surface area contributed by atoms with E-state index in [4.69, 9.17) is 5.73 Å². The lowest BCUT2D eigenvalue weighted by molar-refractivity contribution is -0.385. The van der Waals surface area contributed by atoms with Gasteiger partial charge in [-0.3, -0.25) is 10.1 Å². The van der Waals surface area contributed by atoms with Crippen LogP contribution in [0.2, 0.25) is 0 Å². The molecule has 0 spiro atoms. The molecule has 0 bridgehead atoms. The number of nitro groups is 1. The Morgan fingerprint density at radius 1 is 1.47 bits per heavy atom. The van der Waals surface area contributed by atoms with Gasteiger partial charge in [-0.1, -0.05) is 25.1 Å². The molecule has 82 valence electrons. The predicted octanol–water partition coefficient (Wildman–Crippen LogP) is 2.44. The van der Waals surface area contributed by atoms with Crippen LogP contribution in [0.5, 0.6) is 0 Å². The number of nitro benzene ring substituents is 1. The van der Waals surface area contributed by atoms with E-state index in [0.717, 1.165) is 12.0 Å². The first-order valence-electron chi connectivity index (χ1n) is 5.06. The lowest BCUT2D eigenvalue weighted by Crippen LogP contribution is -2.24. The van der Waals surface area contributed by atoms with Gasteiger partial charge < -0.3 is 5.73 Å². The fraction of sp³-hybridized carbons (Fsp3) is 0.455. The van der Waals surface area contributed by atoms with Crippen LogP contribution in [0.1, 0.15) is 31.7 Å². The normalized spacial score (nSPS) is 14.6. The summed E-state index contributed by atoms with van der Waals surface area (Å²) in [5.41, 5.74) is 6.73. The van der Waals surface area contributed by atoms with Crippen molar-refractivity contribution in [2.24, 2.45) is 5.73 Å². The van der Waals surface area contributed by atoms with Gasteiger partial charge in [0.25, 0.3) is 5.69 Å². The van der Waals surface area contributed by atoms with Crippen LogP contribution in [0, 0.1) is 10.1 Å². The molecule has 15 heavy (non-hydrogen) atoms. The lowest BCUT2D eigenvalue weighted by Gasteiger charge is -2.18. The van der Waals surface area contributed by atoms with E-state index in [2.05, 4.69) is 0 Å². The van der Waals surface area contributed by atoms with Gasteiger partial charge in [-0.15, -0.1) is 0 Å². The SMILES string of the molecule is CCC(c1ccccc1[N+](=O)[O-])C(C)N. The summed E-state index contributed by atoms with van der Waals surface area (Å²) in [6, 6.07) is 6.73. The summed E-state index contributed by atoms with van der Waals surface area (Å²) < 4.78 is 0. The molecular weight excluding hydrogens is 192 g/mol. The fourth-order valence-corrected chi connectivity index (χ4v) is 1.84. The molecule has 0 aromatic heterocycles. The van der Waals surface area contributed by atoms with Gasteiger partial charge in [0.2, 0.25) is 0 Å². The van der Waals surface area contributed by atoms with E-state index >= 15 is 0 Å². The maximum Gasteiger partial charge on any atom is 0.272 e. The molecule has 1 aromatic rings. The third kappa shape index (κ3) is 2.53. The Kier molecular flexibility index (Phi) is 3.80. The second kappa shape index (κ2) is 4.89. The molecule has 4 heteroatoms. The predicted molar refractivity (Wildman–Crippen MR) is 59.8 cm³/mol. The number of rotatable bonds is 4. The number of nitrogens with zero attached hydrogens (tertiary/aromatic N) is 1. The molecule has 4 nitrogen and oxygen atoms in total. The van der Waals surface area contributed by atoms with Gasteiger partial charge in [0.1, 0.15) is 0 Å². The Hall–Kier alpha value is -1.42. The first-order valence-corrected chi connectivity index (χ1v) is 5.06. The molecule has 1 aromatic carbocycles. The summed E-state index contributed by atoms with van der Waals surface area (Å²) in [6.07, 6.45) is 0.808. The summed E-state index contributed by atoms with van der Waals surface area (Å²) in [5, 5.41) is 10.8. The average Bonchev–Trinajstić information content (AvgIpc) is 2.18. The first kappa shape index (κ1) is 11.7. The van der Waals surface area contributed by atoms with E-state index in [1.165, 1.54) is 6.07 Å². The largest absolute Gasteiger partial charge is 0.327 e. The second-order valence-electron chi connectivity index (χ2n) is 3.69. The number of hydrogen-bond acceptors (Lipinski definition) is 3. The smallest absolute Gasteiger partial charge is 0.272 e. The van der Waals surface area contributed by atoms with E-state index in [1.54, 1.807) is 12.1 Å². The summed E-state index contributed by atoms with van der Waals surface area (Å²) >= 11 is 0. The van der Waals surface area contributed by atoms with Gasteiger partial charge in [0.15, 0.2) is 0 Å². The van der Waals surface area contributed by atoms with Crippen LogP contribution < -0.4 is 5.73 Å². The Morgan fingerprint density at radius 2 is 2.07 bits per heavy atom. The summed E-state index contributed by atoms with van der Waals surface area (Å²) in [6.45, 7) is 3.87. The van der Waals surface area contributed by atoms with E-state index < -0.39 is 0 Å². The van der Waals surface area contributed by atoms with Crippen molar-refractivity contribution >= 4 is 5.69 Å². The first-order chi connectivity index (χ1) is 7.07. The molecule has 0 radical (unpaired) electrons. The van der Waals surface area contributed by atoms with Crippen molar-refractivity contribution < 1.29 is 4.92 Å². The molecule has 2 unspecified atom stereocenters. The van der Waals surface area contributed by atoms with Crippen LogP contribution in [0.15, 0.2) is 24.3 Å². The van der Waals surface area contributed by atoms with E-state index in [-0.39, 0.29) is 22.6 Å². The quantitative estimate of drug-likeness (QED) is 0.610. The Morgan fingerprint density at radius 3 is 2.53 bits per heavy atom. The van der Waals surface area contributed by atoms with Gasteiger partial charge in [0.05, 0.1) is 4.92 Å². The zero-order chi connectivity index (χ0) is 11.4. The molecule has 0 aliphatic rings. The Balaban J connectivity index is 3.16. The van der Waals surface area contributed by atoms with Crippen molar-refractivity contribution in [3.63, 3.8) is 0 Å². The summed E-state index contributed by atoms with van der Waals surface area (Å²) in [7, 11) is 0. The molecule has 0 aliphatic carbocycles. The third-order valence-electron chi connectivity index (χ3n) is 2.61. The maximum absolute atomic E-state index is 10.8. The minimum absolute atomic E-state index is 0.0478. The van der Waals surface area contributed by atoms with Crippen molar-refractivity contribution in [3.05, 3.63) is 39.9 Å². The molecule has 1 rings (SSSR count). The topological polar surface area (TPSA) is 69.2 Å². The number of nitrogens with two attached hydrogens (primary N) is 1. The number of hydrogen-bond donors (Lipinski definition) is 1. The summed E-state index contributed by atoms with van der Waals surface area (Å²) in [5.74, 6) is 0.0478. The standard InChI is InChI=1S/C11H16N2O2/c1-3-9(8(2)12)10-6-4-5-7-11(10)13(14)15/h4-9H,3,12H2,1-2H3. The zero-order valence-electron chi connectivity index (χ0n) is 9.01. The van der Waals surface area contributed by atoms with Crippen LogP contribution in [-0.4, -0.2) is 11.0 Å². The van der Waals surface area contributed by atoms with E-state index in [9.17, 15) is 10.1 Å².